The molecule has 0 saturated heterocycles. The average Bonchev–Trinajstić information content (AvgIpc) is 3.08. The number of ether oxygens (including phenoxy) is 1. The molecule has 1 N–H and O–H groups in total. The highest BCUT2D eigenvalue weighted by Gasteiger charge is 2.06. The summed E-state index contributed by atoms with van der Waals surface area (Å²) >= 11 is 0. The standard InChI is InChI=1S/C18H17N3O2/c1-22-17-9-7-15(8-10-17)18-16(11-19-21-18)12-20-23-13-14-5-3-2-4-6-14/h2-12H,13H2,1H3,(H,19,21)/b20-12+. The van der Waals surface area contributed by atoms with Crippen molar-refractivity contribution in [1.82, 2.24) is 10.2 Å². The number of oxime groups is 1. The van der Waals surface area contributed by atoms with E-state index in [1.54, 1.807) is 19.5 Å². The van der Waals surface area contributed by atoms with Crippen LogP contribution in [-0.2, 0) is 11.4 Å². The third kappa shape index (κ3) is 3.77. The Hall–Kier alpha value is -3.08. The van der Waals surface area contributed by atoms with Crippen molar-refractivity contribution in [1.29, 1.82) is 0 Å². The lowest BCUT2D eigenvalue weighted by Crippen LogP contribution is -1.89. The van der Waals surface area contributed by atoms with Crippen molar-refractivity contribution in [2.75, 3.05) is 7.11 Å². The molecular formula is C18H17N3O2. The predicted molar refractivity (Wildman–Crippen MR) is 89.4 cm³/mol. The SMILES string of the molecule is COc1ccc(-c2[nH]ncc2/C=N/OCc2ccccc2)cc1. The summed E-state index contributed by atoms with van der Waals surface area (Å²) in [7, 11) is 1.65. The van der Waals surface area contributed by atoms with Crippen molar-refractivity contribution < 1.29 is 9.57 Å². The topological polar surface area (TPSA) is 59.5 Å². The maximum absolute atomic E-state index is 5.33. The molecule has 5 heteroatoms. The van der Waals surface area contributed by atoms with Gasteiger partial charge in [-0.25, -0.2) is 0 Å². The molecule has 0 aliphatic rings. The summed E-state index contributed by atoms with van der Waals surface area (Å²) in [6.07, 6.45) is 3.38. The second-order valence-electron chi connectivity index (χ2n) is 4.92. The second-order valence-corrected chi connectivity index (χ2v) is 4.92. The van der Waals surface area contributed by atoms with Crippen molar-refractivity contribution in [3.8, 4) is 17.0 Å². The first-order valence-electron chi connectivity index (χ1n) is 7.24. The largest absolute Gasteiger partial charge is 0.497 e. The third-order valence-electron chi connectivity index (χ3n) is 3.39. The van der Waals surface area contributed by atoms with E-state index in [9.17, 15) is 0 Å². The molecule has 3 rings (SSSR count). The second kappa shape index (κ2) is 7.26. The Bertz CT molecular complexity index is 764. The lowest BCUT2D eigenvalue weighted by Gasteiger charge is -2.02. The van der Waals surface area contributed by atoms with Crippen LogP contribution in [0.25, 0.3) is 11.3 Å². The Morgan fingerprint density at radius 1 is 1.09 bits per heavy atom. The quantitative estimate of drug-likeness (QED) is 0.559. The summed E-state index contributed by atoms with van der Waals surface area (Å²) < 4.78 is 5.17. The van der Waals surface area contributed by atoms with E-state index in [0.717, 1.165) is 28.1 Å². The van der Waals surface area contributed by atoms with Crippen LogP contribution >= 0.6 is 0 Å². The fraction of sp³-hybridized carbons (Fsp3) is 0.111. The van der Waals surface area contributed by atoms with Crippen LogP contribution in [0.15, 0.2) is 65.9 Å². The fourth-order valence-electron chi connectivity index (χ4n) is 2.16. The number of nitrogens with zero attached hydrogens (tertiary/aromatic N) is 2. The highest BCUT2D eigenvalue weighted by atomic mass is 16.6. The van der Waals surface area contributed by atoms with Gasteiger partial charge in [-0.3, -0.25) is 5.10 Å². The van der Waals surface area contributed by atoms with Gasteiger partial charge in [-0.05, 0) is 29.8 Å². The first-order chi connectivity index (χ1) is 11.4. The Labute approximate surface area is 134 Å². The number of H-pyrrole nitrogens is 1. The van der Waals surface area contributed by atoms with Crippen molar-refractivity contribution in [2.24, 2.45) is 5.16 Å². The van der Waals surface area contributed by atoms with E-state index in [4.69, 9.17) is 9.57 Å². The van der Waals surface area contributed by atoms with Gasteiger partial charge in [0.15, 0.2) is 0 Å². The Balaban J connectivity index is 1.67. The minimum absolute atomic E-state index is 0.438. The maximum Gasteiger partial charge on any atom is 0.142 e. The van der Waals surface area contributed by atoms with Crippen LogP contribution in [0.4, 0.5) is 0 Å². The summed E-state index contributed by atoms with van der Waals surface area (Å²) in [6.45, 7) is 0.438. The Morgan fingerprint density at radius 2 is 1.87 bits per heavy atom. The van der Waals surface area contributed by atoms with Gasteiger partial charge >= 0.3 is 0 Å². The van der Waals surface area contributed by atoms with Crippen molar-refractivity contribution in [3.63, 3.8) is 0 Å². The van der Waals surface area contributed by atoms with Gasteiger partial charge in [-0.15, -0.1) is 0 Å². The summed E-state index contributed by atoms with van der Waals surface area (Å²) in [5.74, 6) is 0.815. The molecule has 0 saturated carbocycles. The number of aromatic nitrogens is 2. The first kappa shape index (κ1) is 14.8. The Kier molecular flexibility index (Phi) is 4.69. The van der Waals surface area contributed by atoms with Gasteiger partial charge in [0, 0.05) is 11.1 Å². The molecule has 0 atom stereocenters. The van der Waals surface area contributed by atoms with Crippen LogP contribution in [0.3, 0.4) is 0 Å². The minimum atomic E-state index is 0.438. The van der Waals surface area contributed by atoms with Gasteiger partial charge < -0.3 is 9.57 Å². The number of hydrogen-bond donors (Lipinski definition) is 1. The molecule has 1 aromatic heterocycles. The van der Waals surface area contributed by atoms with E-state index < -0.39 is 0 Å². The number of methoxy groups -OCH3 is 1. The molecule has 5 nitrogen and oxygen atoms in total. The normalized spacial score (nSPS) is 10.8. The number of benzene rings is 2. The van der Waals surface area contributed by atoms with Crippen molar-refractivity contribution in [2.45, 2.75) is 6.61 Å². The minimum Gasteiger partial charge on any atom is -0.497 e. The van der Waals surface area contributed by atoms with Crippen LogP contribution < -0.4 is 4.74 Å². The molecule has 0 unspecified atom stereocenters. The monoisotopic (exact) mass is 307 g/mol. The molecule has 23 heavy (non-hydrogen) atoms. The molecule has 0 radical (unpaired) electrons. The van der Waals surface area contributed by atoms with Gasteiger partial charge in [0.25, 0.3) is 0 Å². The van der Waals surface area contributed by atoms with Gasteiger partial charge in [0.1, 0.15) is 12.4 Å². The molecule has 1 heterocycles. The highest BCUT2D eigenvalue weighted by Crippen LogP contribution is 2.22. The van der Waals surface area contributed by atoms with Crippen LogP contribution in [0, 0.1) is 0 Å². The number of aromatic amines is 1. The zero-order chi connectivity index (χ0) is 15.9. The van der Waals surface area contributed by atoms with Crippen LogP contribution in [0.1, 0.15) is 11.1 Å². The number of hydrogen-bond acceptors (Lipinski definition) is 4. The van der Waals surface area contributed by atoms with Crippen LogP contribution in [-0.4, -0.2) is 23.5 Å². The molecule has 0 aliphatic heterocycles. The molecule has 2 aromatic carbocycles. The molecule has 0 amide bonds. The lowest BCUT2D eigenvalue weighted by atomic mass is 10.1. The van der Waals surface area contributed by atoms with Crippen LogP contribution in [0.2, 0.25) is 0 Å². The molecule has 0 aliphatic carbocycles. The average molecular weight is 307 g/mol. The highest BCUT2D eigenvalue weighted by molar-refractivity contribution is 5.88. The summed E-state index contributed by atoms with van der Waals surface area (Å²) in [6, 6.07) is 17.7. The zero-order valence-corrected chi connectivity index (χ0v) is 12.8. The van der Waals surface area contributed by atoms with E-state index in [-0.39, 0.29) is 0 Å². The zero-order valence-electron chi connectivity index (χ0n) is 12.8. The van der Waals surface area contributed by atoms with E-state index >= 15 is 0 Å². The maximum atomic E-state index is 5.33. The van der Waals surface area contributed by atoms with Crippen LogP contribution in [0.5, 0.6) is 5.75 Å². The first-order valence-corrected chi connectivity index (χ1v) is 7.24. The molecule has 0 fully saturated rings. The van der Waals surface area contributed by atoms with Crippen molar-refractivity contribution >= 4 is 6.21 Å². The van der Waals surface area contributed by atoms with Gasteiger partial charge in [-0.1, -0.05) is 35.5 Å². The summed E-state index contributed by atoms with van der Waals surface area (Å²) in [4.78, 5) is 5.33. The lowest BCUT2D eigenvalue weighted by molar-refractivity contribution is 0.132. The third-order valence-corrected chi connectivity index (χ3v) is 3.39. The van der Waals surface area contributed by atoms with Gasteiger partial charge in [0.2, 0.25) is 0 Å². The molecule has 3 aromatic rings. The van der Waals surface area contributed by atoms with Crippen molar-refractivity contribution in [3.05, 3.63) is 71.9 Å². The Morgan fingerprint density at radius 3 is 2.61 bits per heavy atom. The number of nitrogens with one attached hydrogen (secondary N) is 1. The van der Waals surface area contributed by atoms with Gasteiger partial charge in [0.05, 0.1) is 25.2 Å². The fourth-order valence-corrected chi connectivity index (χ4v) is 2.16. The molecule has 116 valence electrons. The molecule has 0 bridgehead atoms. The number of rotatable bonds is 6. The molecular weight excluding hydrogens is 290 g/mol. The predicted octanol–water partition coefficient (Wildman–Crippen LogP) is 3.64. The van der Waals surface area contributed by atoms with E-state index in [2.05, 4.69) is 15.4 Å². The molecule has 0 spiro atoms. The summed E-state index contributed by atoms with van der Waals surface area (Å²) in [5.41, 5.74) is 3.84. The van der Waals surface area contributed by atoms with Gasteiger partial charge in [-0.2, -0.15) is 5.10 Å². The smallest absolute Gasteiger partial charge is 0.142 e. The summed E-state index contributed by atoms with van der Waals surface area (Å²) in [5, 5.41) is 11.1. The van der Waals surface area contributed by atoms with E-state index in [0.29, 0.717) is 6.61 Å². The van der Waals surface area contributed by atoms with E-state index in [1.165, 1.54) is 0 Å². The van der Waals surface area contributed by atoms with E-state index in [1.807, 2.05) is 54.6 Å².